The van der Waals surface area contributed by atoms with Gasteiger partial charge in [-0.05, 0) is 23.8 Å². The number of aliphatic hydroxyl groups is 1. The van der Waals surface area contributed by atoms with Crippen LogP contribution < -0.4 is 9.47 Å². The van der Waals surface area contributed by atoms with Gasteiger partial charge in [0, 0.05) is 16.1 Å². The Kier molecular flexibility index (Phi) is 4.45. The van der Waals surface area contributed by atoms with Gasteiger partial charge in [-0.1, -0.05) is 34.1 Å². The highest BCUT2D eigenvalue weighted by atomic mass is 79.9. The molecule has 0 aromatic heterocycles. The lowest BCUT2D eigenvalue weighted by molar-refractivity contribution is 0.213. The fourth-order valence-electron chi connectivity index (χ4n) is 1.91. The fourth-order valence-corrected chi connectivity index (χ4v) is 2.41. The minimum atomic E-state index is -0.753. The summed E-state index contributed by atoms with van der Waals surface area (Å²) < 4.78 is 11.3. The summed E-state index contributed by atoms with van der Waals surface area (Å²) in [5.41, 5.74) is 1.50. The molecule has 2 aromatic rings. The number of benzene rings is 2. The minimum Gasteiger partial charge on any atom is -0.497 e. The molecule has 0 aliphatic heterocycles. The topological polar surface area (TPSA) is 38.7 Å². The van der Waals surface area contributed by atoms with Crippen molar-refractivity contribution in [2.24, 2.45) is 0 Å². The van der Waals surface area contributed by atoms with Crippen molar-refractivity contribution in [2.75, 3.05) is 14.2 Å². The van der Waals surface area contributed by atoms with Gasteiger partial charge in [0.1, 0.15) is 17.6 Å². The second-order valence-corrected chi connectivity index (χ2v) is 4.89. The van der Waals surface area contributed by atoms with Crippen molar-refractivity contribution in [1.29, 1.82) is 0 Å². The molecule has 0 unspecified atom stereocenters. The van der Waals surface area contributed by atoms with E-state index in [0.29, 0.717) is 17.1 Å². The molecule has 19 heavy (non-hydrogen) atoms. The van der Waals surface area contributed by atoms with E-state index in [1.54, 1.807) is 26.4 Å². The zero-order valence-corrected chi connectivity index (χ0v) is 12.3. The van der Waals surface area contributed by atoms with Crippen molar-refractivity contribution in [3.05, 3.63) is 58.1 Å². The molecular formula is C15H15BrO3. The first-order valence-electron chi connectivity index (χ1n) is 5.81. The van der Waals surface area contributed by atoms with Gasteiger partial charge in [-0.15, -0.1) is 0 Å². The highest BCUT2D eigenvalue weighted by molar-refractivity contribution is 9.10. The molecular weight excluding hydrogens is 308 g/mol. The van der Waals surface area contributed by atoms with Gasteiger partial charge in [-0.3, -0.25) is 0 Å². The van der Waals surface area contributed by atoms with Crippen LogP contribution >= 0.6 is 15.9 Å². The van der Waals surface area contributed by atoms with Gasteiger partial charge >= 0.3 is 0 Å². The molecule has 2 aromatic carbocycles. The quantitative estimate of drug-likeness (QED) is 0.935. The average molecular weight is 323 g/mol. The second-order valence-electron chi connectivity index (χ2n) is 4.03. The Morgan fingerprint density at radius 1 is 1.00 bits per heavy atom. The van der Waals surface area contributed by atoms with Crippen molar-refractivity contribution in [3.8, 4) is 11.5 Å². The first-order chi connectivity index (χ1) is 9.17. The maximum absolute atomic E-state index is 10.5. The number of rotatable bonds is 4. The van der Waals surface area contributed by atoms with Gasteiger partial charge in [-0.25, -0.2) is 0 Å². The molecule has 0 saturated heterocycles. The van der Waals surface area contributed by atoms with Gasteiger partial charge < -0.3 is 14.6 Å². The summed E-state index contributed by atoms with van der Waals surface area (Å²) in [6.45, 7) is 0. The first-order valence-corrected chi connectivity index (χ1v) is 6.61. The largest absolute Gasteiger partial charge is 0.497 e. The van der Waals surface area contributed by atoms with Gasteiger partial charge in [0.15, 0.2) is 0 Å². The molecule has 0 saturated carbocycles. The van der Waals surface area contributed by atoms with Crippen LogP contribution in [0.1, 0.15) is 17.2 Å². The van der Waals surface area contributed by atoms with Crippen LogP contribution in [0.3, 0.4) is 0 Å². The van der Waals surface area contributed by atoms with Gasteiger partial charge in [0.05, 0.1) is 14.2 Å². The lowest BCUT2D eigenvalue weighted by Gasteiger charge is -2.17. The summed E-state index contributed by atoms with van der Waals surface area (Å²) in [4.78, 5) is 0. The zero-order chi connectivity index (χ0) is 13.8. The Balaban J connectivity index is 2.44. The average Bonchev–Trinajstić information content (AvgIpc) is 2.46. The number of methoxy groups -OCH3 is 2. The molecule has 2 rings (SSSR count). The third-order valence-corrected chi connectivity index (χ3v) is 3.66. The molecule has 1 N–H and O–H groups in total. The molecule has 0 amide bonds. The van der Waals surface area contributed by atoms with Crippen LogP contribution in [0.25, 0.3) is 0 Å². The molecule has 0 bridgehead atoms. The van der Waals surface area contributed by atoms with E-state index in [0.717, 1.165) is 10.0 Å². The van der Waals surface area contributed by atoms with E-state index in [9.17, 15) is 5.11 Å². The first kappa shape index (κ1) is 13.9. The molecule has 0 fully saturated rings. The minimum absolute atomic E-state index is 0.600. The van der Waals surface area contributed by atoms with E-state index in [1.807, 2.05) is 30.3 Å². The molecule has 0 spiro atoms. The van der Waals surface area contributed by atoms with Crippen LogP contribution in [0.4, 0.5) is 0 Å². The number of hydrogen-bond donors (Lipinski definition) is 1. The van der Waals surface area contributed by atoms with Crippen LogP contribution in [-0.2, 0) is 0 Å². The van der Waals surface area contributed by atoms with Gasteiger partial charge in [0.2, 0.25) is 0 Å². The third-order valence-electron chi connectivity index (χ3n) is 2.94. The van der Waals surface area contributed by atoms with Crippen LogP contribution in [0.2, 0.25) is 0 Å². The Hall–Kier alpha value is -1.52. The molecule has 0 aliphatic rings. The molecule has 0 heterocycles. The van der Waals surface area contributed by atoms with Crippen molar-refractivity contribution in [1.82, 2.24) is 0 Å². The maximum atomic E-state index is 10.5. The summed E-state index contributed by atoms with van der Waals surface area (Å²) >= 11 is 3.44. The predicted octanol–water partition coefficient (Wildman–Crippen LogP) is 3.55. The van der Waals surface area contributed by atoms with E-state index in [1.165, 1.54) is 0 Å². The van der Waals surface area contributed by atoms with Crippen molar-refractivity contribution >= 4 is 15.9 Å². The number of aliphatic hydroxyl groups excluding tert-OH is 1. The van der Waals surface area contributed by atoms with Crippen LogP contribution in [0.5, 0.6) is 11.5 Å². The van der Waals surface area contributed by atoms with Crippen LogP contribution in [-0.4, -0.2) is 19.3 Å². The predicted molar refractivity (Wildman–Crippen MR) is 77.7 cm³/mol. The molecule has 0 aliphatic carbocycles. The fraction of sp³-hybridized carbons (Fsp3) is 0.200. The Bertz CT molecular complexity index is 569. The highest BCUT2D eigenvalue weighted by Crippen LogP contribution is 2.35. The Morgan fingerprint density at radius 2 is 1.74 bits per heavy atom. The number of hydrogen-bond acceptors (Lipinski definition) is 3. The van der Waals surface area contributed by atoms with Crippen LogP contribution in [0, 0.1) is 0 Å². The summed E-state index contributed by atoms with van der Waals surface area (Å²) in [6.07, 6.45) is -0.753. The second kappa shape index (κ2) is 6.08. The summed E-state index contributed by atoms with van der Waals surface area (Å²) in [5.74, 6) is 1.29. The number of halogens is 1. The summed E-state index contributed by atoms with van der Waals surface area (Å²) in [5, 5.41) is 10.5. The van der Waals surface area contributed by atoms with Crippen LogP contribution in [0.15, 0.2) is 46.9 Å². The Labute approximate surface area is 120 Å². The van der Waals surface area contributed by atoms with Crippen molar-refractivity contribution in [3.63, 3.8) is 0 Å². The summed E-state index contributed by atoms with van der Waals surface area (Å²) in [7, 11) is 3.17. The third kappa shape index (κ3) is 2.91. The standard InChI is InChI=1S/C15H15BrO3/c1-18-10-7-8-12(14(9-10)19-2)15(17)11-5-3-4-6-13(11)16/h3-9,15,17H,1-2H3/t15-/m0/s1. The normalized spacial score (nSPS) is 12.0. The molecule has 0 radical (unpaired) electrons. The SMILES string of the molecule is COc1ccc([C@@H](O)c2ccccc2Br)c(OC)c1. The van der Waals surface area contributed by atoms with E-state index in [-0.39, 0.29) is 0 Å². The molecule has 1 atom stereocenters. The summed E-state index contributed by atoms with van der Waals surface area (Å²) in [6, 6.07) is 12.9. The smallest absolute Gasteiger partial charge is 0.128 e. The number of ether oxygens (including phenoxy) is 2. The van der Waals surface area contributed by atoms with E-state index in [4.69, 9.17) is 9.47 Å². The van der Waals surface area contributed by atoms with E-state index in [2.05, 4.69) is 15.9 Å². The van der Waals surface area contributed by atoms with E-state index < -0.39 is 6.10 Å². The van der Waals surface area contributed by atoms with Gasteiger partial charge in [0.25, 0.3) is 0 Å². The van der Waals surface area contributed by atoms with Crippen molar-refractivity contribution in [2.45, 2.75) is 6.10 Å². The molecule has 3 nitrogen and oxygen atoms in total. The molecule has 100 valence electrons. The lowest BCUT2D eigenvalue weighted by Crippen LogP contribution is -2.03. The zero-order valence-electron chi connectivity index (χ0n) is 10.8. The lowest BCUT2D eigenvalue weighted by atomic mass is 10.0. The maximum Gasteiger partial charge on any atom is 0.128 e. The molecule has 4 heteroatoms. The monoisotopic (exact) mass is 322 g/mol. The highest BCUT2D eigenvalue weighted by Gasteiger charge is 2.18. The van der Waals surface area contributed by atoms with Crippen molar-refractivity contribution < 1.29 is 14.6 Å². The van der Waals surface area contributed by atoms with E-state index >= 15 is 0 Å². The Morgan fingerprint density at radius 3 is 2.37 bits per heavy atom. The van der Waals surface area contributed by atoms with Gasteiger partial charge in [-0.2, -0.15) is 0 Å².